The van der Waals surface area contributed by atoms with E-state index in [2.05, 4.69) is 10.6 Å². The van der Waals surface area contributed by atoms with Gasteiger partial charge in [0.25, 0.3) is 0 Å². The highest BCUT2D eigenvalue weighted by atomic mass is 16.4. The van der Waals surface area contributed by atoms with Gasteiger partial charge in [-0.15, -0.1) is 0 Å². The largest absolute Gasteiger partial charge is 0.468 e. The lowest BCUT2D eigenvalue weighted by Crippen LogP contribution is -2.56. The fourth-order valence-electron chi connectivity index (χ4n) is 2.50. The van der Waals surface area contributed by atoms with Crippen molar-refractivity contribution in [2.24, 2.45) is 0 Å². The minimum absolute atomic E-state index is 0.312. The summed E-state index contributed by atoms with van der Waals surface area (Å²) in [5, 5.41) is 22.4. The van der Waals surface area contributed by atoms with Crippen molar-refractivity contribution in [2.75, 3.05) is 13.1 Å². The third-order valence-corrected chi connectivity index (χ3v) is 3.14. The highest BCUT2D eigenvalue weighted by Gasteiger charge is 2.29. The molecule has 1 fully saturated rings. The number of nitrogens with zero attached hydrogens (tertiary/aromatic N) is 1. The number of carbonyl (C=O) groups is 2. The normalized spacial score (nSPS) is 23.2. The molecule has 8 nitrogen and oxygen atoms in total. The first-order valence-corrected chi connectivity index (χ1v) is 6.26. The molecule has 1 saturated heterocycles. The molecule has 1 aliphatic rings. The van der Waals surface area contributed by atoms with E-state index in [0.29, 0.717) is 26.1 Å². The Labute approximate surface area is 115 Å². The minimum Gasteiger partial charge on any atom is -0.468 e. The van der Waals surface area contributed by atoms with E-state index >= 15 is 0 Å². The van der Waals surface area contributed by atoms with Gasteiger partial charge in [0.05, 0.1) is 12.8 Å². The molecule has 1 aromatic rings. The lowest BCUT2D eigenvalue weighted by Gasteiger charge is -2.37. The van der Waals surface area contributed by atoms with Crippen LogP contribution in [0.2, 0.25) is 0 Å². The number of furan rings is 1. The van der Waals surface area contributed by atoms with Crippen molar-refractivity contribution >= 4 is 12.2 Å². The van der Waals surface area contributed by atoms with Crippen LogP contribution in [0.1, 0.15) is 12.2 Å². The van der Waals surface area contributed by atoms with Gasteiger partial charge in [0.15, 0.2) is 0 Å². The number of amides is 2. The van der Waals surface area contributed by atoms with Crippen molar-refractivity contribution in [1.29, 1.82) is 0 Å². The highest BCUT2D eigenvalue weighted by Crippen LogP contribution is 2.15. The molecule has 0 bridgehead atoms. The molecule has 1 aliphatic heterocycles. The second-order valence-corrected chi connectivity index (χ2v) is 4.80. The monoisotopic (exact) mass is 283 g/mol. The predicted octanol–water partition coefficient (Wildman–Crippen LogP) is 0.758. The van der Waals surface area contributed by atoms with Crippen LogP contribution in [0.25, 0.3) is 0 Å². The van der Waals surface area contributed by atoms with Gasteiger partial charge in [-0.1, -0.05) is 0 Å². The van der Waals surface area contributed by atoms with Crippen LogP contribution in [0, 0.1) is 0 Å². The zero-order chi connectivity index (χ0) is 14.5. The number of piperidine rings is 1. The summed E-state index contributed by atoms with van der Waals surface area (Å²) in [5.41, 5.74) is 0. The van der Waals surface area contributed by atoms with Gasteiger partial charge >= 0.3 is 12.2 Å². The van der Waals surface area contributed by atoms with Crippen molar-refractivity contribution < 1.29 is 24.2 Å². The number of likely N-dealkylation sites (tertiary alicyclic amines) is 1. The van der Waals surface area contributed by atoms with Gasteiger partial charge in [-0.05, 0) is 18.6 Å². The molecule has 2 unspecified atom stereocenters. The molecule has 2 amide bonds. The van der Waals surface area contributed by atoms with Crippen molar-refractivity contribution in [3.05, 3.63) is 24.2 Å². The standard InChI is InChI=1S/C12H17N3O5/c16-11(17)13-8-4-9(14-12(18)19)6-15(5-8)7-10-2-1-3-20-10/h1-3,8-9,13-14H,4-7H2,(H,16,17)(H,18,19). The van der Waals surface area contributed by atoms with Crippen molar-refractivity contribution in [2.45, 2.75) is 25.0 Å². The van der Waals surface area contributed by atoms with Crippen molar-refractivity contribution in [3.8, 4) is 0 Å². The molecule has 2 heterocycles. The maximum atomic E-state index is 10.7. The average molecular weight is 283 g/mol. The molecule has 110 valence electrons. The fraction of sp³-hybridized carbons (Fsp3) is 0.500. The van der Waals surface area contributed by atoms with Crippen LogP contribution in [0.4, 0.5) is 9.59 Å². The van der Waals surface area contributed by atoms with Gasteiger partial charge in [0.2, 0.25) is 0 Å². The smallest absolute Gasteiger partial charge is 0.404 e. The molecule has 0 radical (unpaired) electrons. The van der Waals surface area contributed by atoms with Crippen LogP contribution in [0.5, 0.6) is 0 Å². The molecule has 2 atom stereocenters. The molecule has 2 rings (SSSR count). The molecule has 0 aromatic carbocycles. The maximum absolute atomic E-state index is 10.7. The zero-order valence-corrected chi connectivity index (χ0v) is 10.8. The zero-order valence-electron chi connectivity index (χ0n) is 10.8. The molecule has 20 heavy (non-hydrogen) atoms. The van der Waals surface area contributed by atoms with Gasteiger partial charge in [-0.2, -0.15) is 0 Å². The molecular weight excluding hydrogens is 266 g/mol. The Kier molecular flexibility index (Phi) is 4.46. The summed E-state index contributed by atoms with van der Waals surface area (Å²) in [7, 11) is 0. The van der Waals surface area contributed by atoms with Gasteiger partial charge in [-0.25, -0.2) is 9.59 Å². The van der Waals surface area contributed by atoms with E-state index in [-0.39, 0.29) is 12.1 Å². The summed E-state index contributed by atoms with van der Waals surface area (Å²) < 4.78 is 5.25. The van der Waals surface area contributed by atoms with Gasteiger partial charge in [-0.3, -0.25) is 4.90 Å². The van der Waals surface area contributed by atoms with Crippen LogP contribution < -0.4 is 10.6 Å². The second-order valence-electron chi connectivity index (χ2n) is 4.80. The summed E-state index contributed by atoms with van der Waals surface area (Å²) in [6.07, 6.45) is -0.209. The third kappa shape index (κ3) is 4.16. The summed E-state index contributed by atoms with van der Waals surface area (Å²) in [4.78, 5) is 23.4. The Hall–Kier alpha value is -2.22. The summed E-state index contributed by atoms with van der Waals surface area (Å²) >= 11 is 0. The van der Waals surface area contributed by atoms with Crippen LogP contribution in [-0.4, -0.2) is 52.5 Å². The number of hydrogen-bond donors (Lipinski definition) is 4. The SMILES string of the molecule is O=C(O)NC1CC(NC(=O)O)CN(Cc2ccco2)C1. The predicted molar refractivity (Wildman–Crippen MR) is 68.5 cm³/mol. The van der Waals surface area contributed by atoms with E-state index in [1.807, 2.05) is 11.0 Å². The average Bonchev–Trinajstić information content (AvgIpc) is 2.79. The Bertz CT molecular complexity index is 438. The van der Waals surface area contributed by atoms with Crippen LogP contribution >= 0.6 is 0 Å². The van der Waals surface area contributed by atoms with Gasteiger partial charge < -0.3 is 25.3 Å². The van der Waals surface area contributed by atoms with Crippen LogP contribution in [0.3, 0.4) is 0 Å². The first kappa shape index (κ1) is 14.2. The van der Waals surface area contributed by atoms with E-state index in [0.717, 1.165) is 5.76 Å². The Morgan fingerprint density at radius 3 is 2.30 bits per heavy atom. The van der Waals surface area contributed by atoms with E-state index in [1.54, 1.807) is 12.3 Å². The van der Waals surface area contributed by atoms with Crippen molar-refractivity contribution in [3.63, 3.8) is 0 Å². The number of nitrogens with one attached hydrogen (secondary N) is 2. The molecule has 0 aliphatic carbocycles. The quantitative estimate of drug-likeness (QED) is 0.648. The lowest BCUT2D eigenvalue weighted by atomic mass is 10.0. The molecule has 4 N–H and O–H groups in total. The van der Waals surface area contributed by atoms with Gasteiger partial charge in [0.1, 0.15) is 5.76 Å². The minimum atomic E-state index is -1.11. The molecule has 0 spiro atoms. The lowest BCUT2D eigenvalue weighted by molar-refractivity contribution is 0.128. The molecular formula is C12H17N3O5. The Morgan fingerprint density at radius 2 is 1.85 bits per heavy atom. The molecule has 0 saturated carbocycles. The fourth-order valence-corrected chi connectivity index (χ4v) is 2.50. The van der Waals surface area contributed by atoms with E-state index in [9.17, 15) is 9.59 Å². The number of rotatable bonds is 4. The maximum Gasteiger partial charge on any atom is 0.404 e. The summed E-state index contributed by atoms with van der Waals surface area (Å²) in [6, 6.07) is 2.98. The second kappa shape index (κ2) is 6.29. The highest BCUT2D eigenvalue weighted by molar-refractivity contribution is 5.65. The number of carboxylic acid groups (broad SMARTS) is 2. The molecule has 8 heteroatoms. The van der Waals surface area contributed by atoms with E-state index in [4.69, 9.17) is 14.6 Å². The first-order chi connectivity index (χ1) is 9.52. The first-order valence-electron chi connectivity index (χ1n) is 6.26. The van der Waals surface area contributed by atoms with E-state index in [1.165, 1.54) is 0 Å². The van der Waals surface area contributed by atoms with Crippen LogP contribution in [-0.2, 0) is 6.54 Å². The Morgan fingerprint density at radius 1 is 1.25 bits per heavy atom. The van der Waals surface area contributed by atoms with Crippen molar-refractivity contribution in [1.82, 2.24) is 15.5 Å². The van der Waals surface area contributed by atoms with Gasteiger partial charge in [0, 0.05) is 25.2 Å². The summed E-state index contributed by atoms with van der Waals surface area (Å²) in [5.74, 6) is 0.759. The Balaban J connectivity index is 1.98. The third-order valence-electron chi connectivity index (χ3n) is 3.14. The molecule has 1 aromatic heterocycles. The number of hydrogen-bond acceptors (Lipinski definition) is 4. The summed E-state index contributed by atoms with van der Waals surface area (Å²) in [6.45, 7) is 1.55. The topological polar surface area (TPSA) is 115 Å². The van der Waals surface area contributed by atoms with Crippen LogP contribution in [0.15, 0.2) is 22.8 Å². The van der Waals surface area contributed by atoms with E-state index < -0.39 is 12.2 Å².